The molecule has 4 nitrogen and oxygen atoms in total. The summed E-state index contributed by atoms with van der Waals surface area (Å²) in [7, 11) is 1.75. The zero-order valence-corrected chi connectivity index (χ0v) is 7.89. The molecule has 0 fully saturated rings. The number of nitrogens with zero attached hydrogens (tertiary/aromatic N) is 1. The van der Waals surface area contributed by atoms with E-state index in [2.05, 4.69) is 5.32 Å². The maximum absolute atomic E-state index is 10.7. The number of carbonyl (C=O) groups excluding carboxylic acids is 2. The number of hydrogen-bond acceptors (Lipinski definition) is 2. The number of nitrogens with one attached hydrogen (secondary N) is 1. The van der Waals surface area contributed by atoms with Crippen molar-refractivity contribution in [2.75, 3.05) is 20.1 Å². The topological polar surface area (TPSA) is 49.4 Å². The third kappa shape index (κ3) is 5.70. The predicted octanol–water partition coefficient (Wildman–Crippen LogP) is -0.00910. The molecule has 0 aromatic heterocycles. The first-order valence-electron chi connectivity index (χ1n) is 4.00. The maximum atomic E-state index is 10.7. The normalized spacial score (nSPS) is 9.25. The van der Waals surface area contributed by atoms with Crippen LogP contribution >= 0.6 is 0 Å². The lowest BCUT2D eigenvalue weighted by Crippen LogP contribution is -2.29. The molecule has 0 rings (SSSR count). The van der Waals surface area contributed by atoms with Gasteiger partial charge in [0.05, 0.1) is 0 Å². The van der Waals surface area contributed by atoms with Crippen LogP contribution in [0.2, 0.25) is 0 Å². The summed E-state index contributed by atoms with van der Waals surface area (Å²) in [5, 5.41) is 2.66. The highest BCUT2D eigenvalue weighted by Crippen LogP contribution is 1.86. The predicted molar refractivity (Wildman–Crippen MR) is 46.6 cm³/mol. The van der Waals surface area contributed by atoms with Gasteiger partial charge in [-0.05, 0) is 6.42 Å². The Bertz CT molecular complexity index is 168. The summed E-state index contributed by atoms with van der Waals surface area (Å²) in [5.74, 6) is 0.0262. The van der Waals surface area contributed by atoms with Crippen LogP contribution in [0.5, 0.6) is 0 Å². The number of carbonyl (C=O) groups is 2. The second-order valence-corrected chi connectivity index (χ2v) is 2.78. The molecule has 2 amide bonds. The molecule has 0 atom stereocenters. The van der Waals surface area contributed by atoms with Gasteiger partial charge in [0, 0.05) is 34.0 Å². The number of rotatable bonds is 4. The Morgan fingerprint density at radius 1 is 1.33 bits per heavy atom. The molecule has 0 aliphatic heterocycles. The van der Waals surface area contributed by atoms with Crippen LogP contribution in [0.25, 0.3) is 0 Å². The van der Waals surface area contributed by atoms with Crippen molar-refractivity contribution in [2.45, 2.75) is 20.3 Å². The van der Waals surface area contributed by atoms with E-state index in [1.165, 1.54) is 13.8 Å². The zero-order valence-electron chi connectivity index (χ0n) is 7.89. The van der Waals surface area contributed by atoms with Crippen molar-refractivity contribution in [1.29, 1.82) is 0 Å². The van der Waals surface area contributed by atoms with E-state index in [1.807, 2.05) is 0 Å². The van der Waals surface area contributed by atoms with Crippen molar-refractivity contribution in [3.8, 4) is 0 Å². The van der Waals surface area contributed by atoms with E-state index >= 15 is 0 Å². The molecule has 0 saturated heterocycles. The third-order valence-corrected chi connectivity index (χ3v) is 1.58. The molecule has 4 heteroatoms. The SMILES string of the molecule is CC(=O)NCCCN(C)C(C)=O. The summed E-state index contributed by atoms with van der Waals surface area (Å²) in [6.45, 7) is 4.33. The van der Waals surface area contributed by atoms with Gasteiger partial charge in [0.25, 0.3) is 0 Å². The highest BCUT2D eigenvalue weighted by Gasteiger charge is 2.00. The Labute approximate surface area is 72.9 Å². The molecular weight excluding hydrogens is 156 g/mol. The first-order chi connectivity index (χ1) is 5.54. The van der Waals surface area contributed by atoms with Crippen LogP contribution in [0, 0.1) is 0 Å². The van der Waals surface area contributed by atoms with Crippen LogP contribution in [0.4, 0.5) is 0 Å². The molecule has 0 aromatic rings. The van der Waals surface area contributed by atoms with E-state index in [1.54, 1.807) is 11.9 Å². The molecule has 0 unspecified atom stereocenters. The van der Waals surface area contributed by atoms with Crippen molar-refractivity contribution >= 4 is 11.8 Å². The van der Waals surface area contributed by atoms with Crippen molar-refractivity contribution in [1.82, 2.24) is 10.2 Å². The average Bonchev–Trinajstić information content (AvgIpc) is 1.97. The summed E-state index contributed by atoms with van der Waals surface area (Å²) < 4.78 is 0. The van der Waals surface area contributed by atoms with E-state index in [0.29, 0.717) is 13.1 Å². The van der Waals surface area contributed by atoms with Crippen LogP contribution in [0.15, 0.2) is 0 Å². The molecule has 0 aliphatic rings. The van der Waals surface area contributed by atoms with Crippen LogP contribution in [0.3, 0.4) is 0 Å². The van der Waals surface area contributed by atoms with Gasteiger partial charge >= 0.3 is 0 Å². The number of amides is 2. The Hall–Kier alpha value is -1.06. The van der Waals surface area contributed by atoms with Crippen LogP contribution in [-0.4, -0.2) is 36.9 Å². The summed E-state index contributed by atoms with van der Waals surface area (Å²) in [4.78, 5) is 22.8. The monoisotopic (exact) mass is 172 g/mol. The fraction of sp³-hybridized carbons (Fsp3) is 0.750. The third-order valence-electron chi connectivity index (χ3n) is 1.58. The maximum Gasteiger partial charge on any atom is 0.219 e. The molecule has 0 heterocycles. The molecule has 12 heavy (non-hydrogen) atoms. The minimum absolute atomic E-state index is 0.0273. The van der Waals surface area contributed by atoms with Gasteiger partial charge in [0.1, 0.15) is 0 Å². The molecule has 0 bridgehead atoms. The van der Waals surface area contributed by atoms with Gasteiger partial charge in [0.15, 0.2) is 0 Å². The Morgan fingerprint density at radius 2 is 1.92 bits per heavy atom. The van der Waals surface area contributed by atoms with Gasteiger partial charge < -0.3 is 10.2 Å². The molecule has 70 valence electrons. The summed E-state index contributed by atoms with van der Waals surface area (Å²) in [6, 6.07) is 0. The molecule has 0 radical (unpaired) electrons. The van der Waals surface area contributed by atoms with E-state index in [4.69, 9.17) is 0 Å². The van der Waals surface area contributed by atoms with E-state index in [-0.39, 0.29) is 11.8 Å². The van der Waals surface area contributed by atoms with E-state index in [9.17, 15) is 9.59 Å². The fourth-order valence-electron chi connectivity index (χ4n) is 0.738. The fourth-order valence-corrected chi connectivity index (χ4v) is 0.738. The minimum atomic E-state index is -0.0273. The molecular formula is C8H16N2O2. The van der Waals surface area contributed by atoms with Crippen molar-refractivity contribution in [3.05, 3.63) is 0 Å². The highest BCUT2D eigenvalue weighted by atomic mass is 16.2. The Balaban J connectivity index is 3.31. The molecule has 0 aromatic carbocycles. The first kappa shape index (κ1) is 10.9. The number of hydrogen-bond donors (Lipinski definition) is 1. The molecule has 0 aliphatic carbocycles. The first-order valence-corrected chi connectivity index (χ1v) is 4.00. The quantitative estimate of drug-likeness (QED) is 0.606. The van der Waals surface area contributed by atoms with Crippen molar-refractivity contribution in [3.63, 3.8) is 0 Å². The average molecular weight is 172 g/mol. The molecule has 0 spiro atoms. The van der Waals surface area contributed by atoms with E-state index < -0.39 is 0 Å². The van der Waals surface area contributed by atoms with Crippen molar-refractivity contribution in [2.24, 2.45) is 0 Å². The lowest BCUT2D eigenvalue weighted by molar-refractivity contribution is -0.127. The zero-order chi connectivity index (χ0) is 9.56. The van der Waals surface area contributed by atoms with Gasteiger partial charge in [-0.3, -0.25) is 9.59 Å². The second kappa shape index (κ2) is 5.57. The van der Waals surface area contributed by atoms with Gasteiger partial charge in [-0.25, -0.2) is 0 Å². The van der Waals surface area contributed by atoms with Crippen LogP contribution in [0.1, 0.15) is 20.3 Å². The van der Waals surface area contributed by atoms with Crippen LogP contribution < -0.4 is 5.32 Å². The molecule has 0 saturated carbocycles. The standard InChI is InChI=1S/C8H16N2O2/c1-7(11)9-5-4-6-10(3)8(2)12/h4-6H2,1-3H3,(H,9,11). The van der Waals surface area contributed by atoms with Gasteiger partial charge in [0.2, 0.25) is 11.8 Å². The van der Waals surface area contributed by atoms with Crippen LogP contribution in [-0.2, 0) is 9.59 Å². The summed E-state index contributed by atoms with van der Waals surface area (Å²) >= 11 is 0. The second-order valence-electron chi connectivity index (χ2n) is 2.78. The lowest BCUT2D eigenvalue weighted by atomic mass is 10.4. The molecule has 1 N–H and O–H groups in total. The Kier molecular flexibility index (Phi) is 5.08. The lowest BCUT2D eigenvalue weighted by Gasteiger charge is -2.13. The van der Waals surface area contributed by atoms with Gasteiger partial charge in [-0.1, -0.05) is 0 Å². The minimum Gasteiger partial charge on any atom is -0.356 e. The Morgan fingerprint density at radius 3 is 2.33 bits per heavy atom. The van der Waals surface area contributed by atoms with Crippen molar-refractivity contribution < 1.29 is 9.59 Å². The summed E-state index contributed by atoms with van der Waals surface area (Å²) in [6.07, 6.45) is 0.801. The smallest absolute Gasteiger partial charge is 0.219 e. The van der Waals surface area contributed by atoms with Gasteiger partial charge in [-0.2, -0.15) is 0 Å². The largest absolute Gasteiger partial charge is 0.356 e. The summed E-state index contributed by atoms with van der Waals surface area (Å²) in [5.41, 5.74) is 0. The van der Waals surface area contributed by atoms with Gasteiger partial charge in [-0.15, -0.1) is 0 Å². The van der Waals surface area contributed by atoms with E-state index in [0.717, 1.165) is 6.42 Å². The highest BCUT2D eigenvalue weighted by molar-refractivity contribution is 5.73.